The lowest BCUT2D eigenvalue weighted by Gasteiger charge is -2.11. The first-order valence-corrected chi connectivity index (χ1v) is 8.80. The molecule has 1 amide bonds. The molecule has 0 radical (unpaired) electrons. The number of carbonyl (C=O) groups is 1. The van der Waals surface area contributed by atoms with Crippen LogP contribution in [0.3, 0.4) is 0 Å². The molecule has 3 rings (SSSR count). The molecule has 0 fully saturated rings. The predicted molar refractivity (Wildman–Crippen MR) is 107 cm³/mol. The van der Waals surface area contributed by atoms with Gasteiger partial charge >= 0.3 is 0 Å². The molecule has 0 saturated carbocycles. The summed E-state index contributed by atoms with van der Waals surface area (Å²) in [6.07, 6.45) is 1.33. The fourth-order valence-corrected chi connectivity index (χ4v) is 2.72. The van der Waals surface area contributed by atoms with E-state index in [2.05, 4.69) is 20.6 Å². The molecule has 3 aromatic rings. The van der Waals surface area contributed by atoms with Crippen molar-refractivity contribution in [1.29, 1.82) is 0 Å². The summed E-state index contributed by atoms with van der Waals surface area (Å²) in [6.45, 7) is 0.320. The molecule has 8 heteroatoms. The van der Waals surface area contributed by atoms with Gasteiger partial charge in [-0.15, -0.1) is 0 Å². The van der Waals surface area contributed by atoms with Gasteiger partial charge < -0.3 is 20.1 Å². The number of nitrogens with zero attached hydrogens (tertiary/aromatic N) is 2. The number of methoxy groups -OCH3 is 2. The van der Waals surface area contributed by atoms with Crippen molar-refractivity contribution >= 4 is 29.0 Å². The summed E-state index contributed by atoms with van der Waals surface area (Å²) >= 11 is 5.98. The van der Waals surface area contributed by atoms with Crippen molar-refractivity contribution in [2.45, 2.75) is 6.54 Å². The fraction of sp³-hybridized carbons (Fsp3) is 0.150. The average molecular weight is 399 g/mol. The van der Waals surface area contributed by atoms with E-state index < -0.39 is 0 Å². The van der Waals surface area contributed by atoms with Crippen LogP contribution in [-0.4, -0.2) is 30.1 Å². The normalized spacial score (nSPS) is 10.2. The standard InChI is InChI=1S/C20H19ClN4O3/c1-27-17-7-6-13(8-18(17)28-2)11-22-20(26)16-10-19(24-12-23-16)25-15-5-3-4-14(21)9-15/h3-10,12H,11H2,1-2H3,(H,22,26)(H,23,24,25). The van der Waals surface area contributed by atoms with Gasteiger partial charge in [-0.25, -0.2) is 9.97 Å². The Morgan fingerprint density at radius 2 is 1.86 bits per heavy atom. The van der Waals surface area contributed by atoms with Crippen LogP contribution in [0.25, 0.3) is 0 Å². The SMILES string of the molecule is COc1ccc(CNC(=O)c2cc(Nc3cccc(Cl)c3)ncn2)cc1OC. The third-order valence-electron chi connectivity index (χ3n) is 3.90. The van der Waals surface area contributed by atoms with Gasteiger partial charge in [0.2, 0.25) is 0 Å². The lowest BCUT2D eigenvalue weighted by atomic mass is 10.2. The molecule has 2 aromatic carbocycles. The highest BCUT2D eigenvalue weighted by molar-refractivity contribution is 6.30. The number of halogens is 1. The van der Waals surface area contributed by atoms with Gasteiger partial charge in [0.1, 0.15) is 17.8 Å². The minimum Gasteiger partial charge on any atom is -0.493 e. The van der Waals surface area contributed by atoms with E-state index in [1.165, 1.54) is 6.33 Å². The molecule has 0 unspecified atom stereocenters. The maximum atomic E-state index is 12.4. The number of nitrogens with one attached hydrogen (secondary N) is 2. The summed E-state index contributed by atoms with van der Waals surface area (Å²) in [5, 5.41) is 6.53. The zero-order valence-electron chi connectivity index (χ0n) is 15.4. The summed E-state index contributed by atoms with van der Waals surface area (Å²) in [5.41, 5.74) is 1.89. The fourth-order valence-electron chi connectivity index (χ4n) is 2.53. The smallest absolute Gasteiger partial charge is 0.270 e. The molecule has 144 valence electrons. The number of hydrogen-bond acceptors (Lipinski definition) is 6. The molecule has 1 aromatic heterocycles. The molecular weight excluding hydrogens is 380 g/mol. The number of aromatic nitrogens is 2. The van der Waals surface area contributed by atoms with Gasteiger partial charge in [0, 0.05) is 23.3 Å². The summed E-state index contributed by atoms with van der Waals surface area (Å²) in [7, 11) is 3.14. The van der Waals surface area contributed by atoms with Crippen LogP contribution in [0.4, 0.5) is 11.5 Å². The molecule has 0 aliphatic carbocycles. The van der Waals surface area contributed by atoms with Gasteiger partial charge in [0.15, 0.2) is 11.5 Å². The maximum absolute atomic E-state index is 12.4. The molecule has 0 saturated heterocycles. The van der Waals surface area contributed by atoms with Crippen molar-refractivity contribution in [1.82, 2.24) is 15.3 Å². The third-order valence-corrected chi connectivity index (χ3v) is 4.13. The third kappa shape index (κ3) is 4.89. The molecule has 0 atom stereocenters. The van der Waals surface area contributed by atoms with Crippen LogP contribution in [0, 0.1) is 0 Å². The quantitative estimate of drug-likeness (QED) is 0.629. The minimum atomic E-state index is -0.314. The summed E-state index contributed by atoms with van der Waals surface area (Å²) < 4.78 is 10.5. The van der Waals surface area contributed by atoms with Crippen molar-refractivity contribution in [2.75, 3.05) is 19.5 Å². The van der Waals surface area contributed by atoms with Gasteiger partial charge in [0.25, 0.3) is 5.91 Å². The highest BCUT2D eigenvalue weighted by atomic mass is 35.5. The predicted octanol–water partition coefficient (Wildman–Crippen LogP) is 3.82. The second-order valence-corrected chi connectivity index (χ2v) is 6.23. The Labute approximate surface area is 167 Å². The van der Waals surface area contributed by atoms with Gasteiger partial charge in [-0.05, 0) is 35.9 Å². The van der Waals surface area contributed by atoms with Gasteiger partial charge in [-0.3, -0.25) is 4.79 Å². The first-order chi connectivity index (χ1) is 13.6. The average Bonchev–Trinajstić information content (AvgIpc) is 2.72. The van der Waals surface area contributed by atoms with Crippen LogP contribution in [0.15, 0.2) is 54.9 Å². The van der Waals surface area contributed by atoms with E-state index in [1.54, 1.807) is 38.5 Å². The van der Waals surface area contributed by atoms with E-state index in [9.17, 15) is 4.79 Å². The molecule has 7 nitrogen and oxygen atoms in total. The minimum absolute atomic E-state index is 0.250. The van der Waals surface area contributed by atoms with Gasteiger partial charge in [-0.1, -0.05) is 23.7 Å². The summed E-state index contributed by atoms with van der Waals surface area (Å²) in [6, 6.07) is 14.2. The molecule has 2 N–H and O–H groups in total. The molecule has 1 heterocycles. The van der Waals surface area contributed by atoms with Crippen molar-refractivity contribution in [3.8, 4) is 11.5 Å². The van der Waals surface area contributed by atoms with Gasteiger partial charge in [0.05, 0.1) is 14.2 Å². The number of benzene rings is 2. The highest BCUT2D eigenvalue weighted by Gasteiger charge is 2.10. The van der Waals surface area contributed by atoms with Crippen molar-refractivity contribution in [3.05, 3.63) is 71.1 Å². The topological polar surface area (TPSA) is 85.4 Å². The van der Waals surface area contributed by atoms with E-state index in [4.69, 9.17) is 21.1 Å². The van der Waals surface area contributed by atoms with Crippen molar-refractivity contribution in [3.63, 3.8) is 0 Å². The lowest BCUT2D eigenvalue weighted by Crippen LogP contribution is -2.24. The Hall–Kier alpha value is -3.32. The van der Waals surface area contributed by atoms with Crippen molar-refractivity contribution in [2.24, 2.45) is 0 Å². The van der Waals surface area contributed by atoms with Crippen LogP contribution in [0.2, 0.25) is 5.02 Å². The van der Waals surface area contributed by atoms with E-state index in [0.29, 0.717) is 28.9 Å². The van der Waals surface area contributed by atoms with Crippen LogP contribution < -0.4 is 20.1 Å². The maximum Gasteiger partial charge on any atom is 0.270 e. The van der Waals surface area contributed by atoms with Gasteiger partial charge in [-0.2, -0.15) is 0 Å². The Morgan fingerprint density at radius 3 is 2.61 bits per heavy atom. The Bertz CT molecular complexity index is 981. The molecule has 28 heavy (non-hydrogen) atoms. The van der Waals surface area contributed by atoms with E-state index >= 15 is 0 Å². The lowest BCUT2D eigenvalue weighted by molar-refractivity contribution is 0.0945. The van der Waals surface area contributed by atoms with E-state index in [1.807, 2.05) is 24.3 Å². The number of amides is 1. The number of carbonyl (C=O) groups excluding carboxylic acids is 1. The number of rotatable bonds is 7. The number of hydrogen-bond donors (Lipinski definition) is 2. The van der Waals surface area contributed by atoms with Crippen LogP contribution in [0.5, 0.6) is 11.5 Å². The zero-order valence-corrected chi connectivity index (χ0v) is 16.2. The monoisotopic (exact) mass is 398 g/mol. The largest absolute Gasteiger partial charge is 0.493 e. The first kappa shape index (κ1) is 19.4. The molecule has 0 spiro atoms. The zero-order chi connectivity index (χ0) is 19.9. The van der Waals surface area contributed by atoms with Crippen molar-refractivity contribution < 1.29 is 14.3 Å². The van der Waals surface area contributed by atoms with Crippen LogP contribution >= 0.6 is 11.6 Å². The molecule has 0 aliphatic rings. The first-order valence-electron chi connectivity index (χ1n) is 8.43. The molecule has 0 bridgehead atoms. The Kier molecular flexibility index (Phi) is 6.29. The van der Waals surface area contributed by atoms with E-state index in [0.717, 1.165) is 11.3 Å². The molecule has 0 aliphatic heterocycles. The Balaban J connectivity index is 1.66. The second-order valence-electron chi connectivity index (χ2n) is 5.80. The van der Waals surface area contributed by atoms with E-state index in [-0.39, 0.29) is 11.6 Å². The molecular formula is C20H19ClN4O3. The van der Waals surface area contributed by atoms with Crippen LogP contribution in [0.1, 0.15) is 16.1 Å². The van der Waals surface area contributed by atoms with Crippen LogP contribution in [-0.2, 0) is 6.54 Å². The number of ether oxygens (including phenoxy) is 2. The second kappa shape index (κ2) is 9.05. The summed E-state index contributed by atoms with van der Waals surface area (Å²) in [5.74, 6) is 1.41. The Morgan fingerprint density at radius 1 is 1.04 bits per heavy atom. The summed E-state index contributed by atoms with van der Waals surface area (Å²) in [4.78, 5) is 20.6. The number of anilines is 2. The highest BCUT2D eigenvalue weighted by Crippen LogP contribution is 2.27.